The number of urea groups is 1. The van der Waals surface area contributed by atoms with E-state index >= 15 is 0 Å². The highest BCUT2D eigenvalue weighted by Gasteiger charge is 2.48. The normalized spacial score (nSPS) is 20.8. The number of methoxy groups -OCH3 is 1. The minimum Gasteiger partial charge on any atom is -0.465 e. The third-order valence-corrected chi connectivity index (χ3v) is 6.64. The molecule has 1 saturated heterocycles. The summed E-state index contributed by atoms with van der Waals surface area (Å²) >= 11 is 1.35. The number of carbonyl (C=O) groups is 4. The second-order valence-electron chi connectivity index (χ2n) is 8.19. The van der Waals surface area contributed by atoms with Gasteiger partial charge >= 0.3 is 12.0 Å². The summed E-state index contributed by atoms with van der Waals surface area (Å²) in [5.74, 6) is -1.02. The molecular formula is C20H27N3O5S. The Labute approximate surface area is 174 Å². The number of thiophene rings is 1. The standard InChI is InChI=1S/C20H27N3O5S/c1-11(2)8-9-20(3)18(26)23(19(27)22-20)10-14(24)21-16-15(17(25)28-4)12-6-5-7-13(12)29-16/h11H,5-10H2,1-4H3,(H,21,24)(H,22,27)/t20-/m1/s1. The summed E-state index contributed by atoms with van der Waals surface area (Å²) in [7, 11) is 1.30. The highest BCUT2D eigenvalue weighted by Crippen LogP contribution is 2.39. The number of fused-ring (bicyclic) bond motifs is 1. The van der Waals surface area contributed by atoms with Crippen molar-refractivity contribution in [3.05, 3.63) is 16.0 Å². The maximum absolute atomic E-state index is 12.8. The highest BCUT2D eigenvalue weighted by atomic mass is 32.1. The van der Waals surface area contributed by atoms with Gasteiger partial charge in [-0.3, -0.25) is 14.5 Å². The topological polar surface area (TPSA) is 105 Å². The summed E-state index contributed by atoms with van der Waals surface area (Å²) in [4.78, 5) is 51.9. The molecule has 0 spiro atoms. The summed E-state index contributed by atoms with van der Waals surface area (Å²) in [5.41, 5.74) is 0.314. The second kappa shape index (κ2) is 8.14. The van der Waals surface area contributed by atoms with Gasteiger partial charge < -0.3 is 15.4 Å². The summed E-state index contributed by atoms with van der Waals surface area (Å²) < 4.78 is 4.87. The average Bonchev–Trinajstić information content (AvgIpc) is 3.28. The van der Waals surface area contributed by atoms with Crippen LogP contribution in [-0.4, -0.2) is 47.9 Å². The molecule has 1 aliphatic carbocycles. The van der Waals surface area contributed by atoms with Crippen LogP contribution in [0.3, 0.4) is 0 Å². The van der Waals surface area contributed by atoms with Crippen LogP contribution in [0.2, 0.25) is 0 Å². The molecule has 0 unspecified atom stereocenters. The van der Waals surface area contributed by atoms with Gasteiger partial charge in [-0.1, -0.05) is 13.8 Å². The second-order valence-corrected chi connectivity index (χ2v) is 9.29. The lowest BCUT2D eigenvalue weighted by Gasteiger charge is -2.22. The molecule has 0 aromatic carbocycles. The number of carbonyl (C=O) groups excluding carboxylic acids is 4. The molecule has 0 radical (unpaired) electrons. The number of nitrogens with zero attached hydrogens (tertiary/aromatic N) is 1. The van der Waals surface area contributed by atoms with Crippen molar-refractivity contribution >= 4 is 40.2 Å². The lowest BCUT2D eigenvalue weighted by molar-refractivity contribution is -0.133. The molecule has 1 aromatic rings. The van der Waals surface area contributed by atoms with Crippen molar-refractivity contribution in [1.82, 2.24) is 10.2 Å². The number of anilines is 1. The molecule has 2 N–H and O–H groups in total. The number of esters is 1. The van der Waals surface area contributed by atoms with Gasteiger partial charge in [0.2, 0.25) is 5.91 Å². The third-order valence-electron chi connectivity index (χ3n) is 5.43. The van der Waals surface area contributed by atoms with E-state index in [-0.39, 0.29) is 0 Å². The van der Waals surface area contributed by atoms with Crippen molar-refractivity contribution in [3.8, 4) is 0 Å². The number of hydrogen-bond acceptors (Lipinski definition) is 6. The van der Waals surface area contributed by atoms with E-state index in [2.05, 4.69) is 10.6 Å². The molecule has 8 nitrogen and oxygen atoms in total. The SMILES string of the molecule is COC(=O)c1c(NC(=O)CN2C(=O)N[C@](C)(CCC(C)C)C2=O)sc2c1CCC2. The first-order valence-corrected chi connectivity index (χ1v) is 10.6. The van der Waals surface area contributed by atoms with Gasteiger partial charge in [-0.05, 0) is 50.5 Å². The molecule has 0 saturated carbocycles. The lowest BCUT2D eigenvalue weighted by atomic mass is 9.92. The largest absolute Gasteiger partial charge is 0.465 e. The Morgan fingerprint density at radius 1 is 1.31 bits per heavy atom. The zero-order chi connectivity index (χ0) is 21.3. The monoisotopic (exact) mass is 421 g/mol. The van der Waals surface area contributed by atoms with E-state index in [0.29, 0.717) is 22.9 Å². The Hall–Kier alpha value is -2.42. The quantitative estimate of drug-likeness (QED) is 0.520. The molecule has 1 aromatic heterocycles. The lowest BCUT2D eigenvalue weighted by Crippen LogP contribution is -2.44. The predicted octanol–water partition coefficient (Wildman–Crippen LogP) is 2.71. The number of hydrogen-bond donors (Lipinski definition) is 2. The van der Waals surface area contributed by atoms with Crippen LogP contribution < -0.4 is 10.6 Å². The zero-order valence-corrected chi connectivity index (χ0v) is 18.0. The molecule has 2 aliphatic rings. The van der Waals surface area contributed by atoms with Crippen LogP contribution in [0, 0.1) is 5.92 Å². The fraction of sp³-hybridized carbons (Fsp3) is 0.600. The maximum atomic E-state index is 12.8. The van der Waals surface area contributed by atoms with Crippen LogP contribution in [0.4, 0.5) is 9.80 Å². The van der Waals surface area contributed by atoms with Crippen LogP contribution in [0.5, 0.6) is 0 Å². The molecule has 1 aliphatic heterocycles. The van der Waals surface area contributed by atoms with Gasteiger partial charge in [0.25, 0.3) is 5.91 Å². The van der Waals surface area contributed by atoms with Crippen molar-refractivity contribution in [3.63, 3.8) is 0 Å². The van der Waals surface area contributed by atoms with Gasteiger partial charge in [0, 0.05) is 4.88 Å². The number of ether oxygens (including phenoxy) is 1. The molecule has 158 valence electrons. The zero-order valence-electron chi connectivity index (χ0n) is 17.2. The molecule has 3 rings (SSSR count). The Balaban J connectivity index is 1.71. The highest BCUT2D eigenvalue weighted by molar-refractivity contribution is 7.17. The Morgan fingerprint density at radius 3 is 2.69 bits per heavy atom. The van der Waals surface area contributed by atoms with E-state index in [1.54, 1.807) is 6.92 Å². The fourth-order valence-corrected chi connectivity index (χ4v) is 5.05. The molecule has 29 heavy (non-hydrogen) atoms. The van der Waals surface area contributed by atoms with Crippen molar-refractivity contribution in [2.24, 2.45) is 5.92 Å². The minimum absolute atomic E-state index is 0.386. The number of rotatable bonds is 7. The van der Waals surface area contributed by atoms with Gasteiger partial charge in [0.15, 0.2) is 0 Å². The summed E-state index contributed by atoms with van der Waals surface area (Å²) in [6.45, 7) is 5.39. The van der Waals surface area contributed by atoms with E-state index in [1.165, 1.54) is 18.4 Å². The average molecular weight is 422 g/mol. The van der Waals surface area contributed by atoms with E-state index in [4.69, 9.17) is 4.74 Å². The van der Waals surface area contributed by atoms with Crippen LogP contribution in [0.1, 0.15) is 60.8 Å². The summed E-state index contributed by atoms with van der Waals surface area (Å²) in [5, 5.41) is 5.83. The van der Waals surface area contributed by atoms with E-state index in [1.807, 2.05) is 13.8 Å². The Kier molecular flexibility index (Phi) is 5.97. The van der Waals surface area contributed by atoms with Crippen LogP contribution in [-0.2, 0) is 27.2 Å². The first-order valence-electron chi connectivity index (χ1n) is 9.83. The predicted molar refractivity (Wildman–Crippen MR) is 109 cm³/mol. The fourth-order valence-electron chi connectivity index (χ4n) is 3.76. The number of imide groups is 1. The molecular weight excluding hydrogens is 394 g/mol. The van der Waals surface area contributed by atoms with E-state index in [9.17, 15) is 19.2 Å². The molecule has 2 heterocycles. The maximum Gasteiger partial charge on any atom is 0.341 e. The number of amides is 4. The van der Waals surface area contributed by atoms with Crippen LogP contribution in [0.15, 0.2) is 0 Å². The van der Waals surface area contributed by atoms with Gasteiger partial charge in [0.05, 0.1) is 12.7 Å². The number of aryl methyl sites for hydroxylation is 1. The molecule has 4 amide bonds. The van der Waals surface area contributed by atoms with E-state index < -0.39 is 35.9 Å². The molecule has 1 fully saturated rings. The number of nitrogens with one attached hydrogen (secondary N) is 2. The summed E-state index contributed by atoms with van der Waals surface area (Å²) in [6.07, 6.45) is 3.90. The van der Waals surface area contributed by atoms with Crippen LogP contribution >= 0.6 is 11.3 Å². The van der Waals surface area contributed by atoms with Gasteiger partial charge in [-0.2, -0.15) is 0 Å². The van der Waals surface area contributed by atoms with Crippen molar-refractivity contribution in [2.75, 3.05) is 19.0 Å². The van der Waals surface area contributed by atoms with Crippen LogP contribution in [0.25, 0.3) is 0 Å². The smallest absolute Gasteiger partial charge is 0.341 e. The Bertz CT molecular complexity index is 863. The first kappa shape index (κ1) is 21.3. The summed E-state index contributed by atoms with van der Waals surface area (Å²) in [6, 6.07) is -0.571. The third kappa shape index (κ3) is 4.14. The van der Waals surface area contributed by atoms with E-state index in [0.717, 1.165) is 41.0 Å². The first-order chi connectivity index (χ1) is 13.7. The van der Waals surface area contributed by atoms with Gasteiger partial charge in [0.1, 0.15) is 17.1 Å². The van der Waals surface area contributed by atoms with Crippen molar-refractivity contribution in [2.45, 2.75) is 58.4 Å². The Morgan fingerprint density at radius 2 is 2.03 bits per heavy atom. The molecule has 1 atom stereocenters. The van der Waals surface area contributed by atoms with Crippen molar-refractivity contribution < 1.29 is 23.9 Å². The van der Waals surface area contributed by atoms with Gasteiger partial charge in [-0.25, -0.2) is 9.59 Å². The molecule has 9 heteroatoms. The van der Waals surface area contributed by atoms with Crippen molar-refractivity contribution in [1.29, 1.82) is 0 Å². The minimum atomic E-state index is -0.997. The molecule has 0 bridgehead atoms. The van der Waals surface area contributed by atoms with Gasteiger partial charge in [-0.15, -0.1) is 11.3 Å².